The minimum Gasteiger partial charge on any atom is -0.480 e. The molecule has 7 N–H and O–H groups in total. The molecule has 3 saturated carbocycles. The highest BCUT2D eigenvalue weighted by Crippen LogP contribution is 2.74. The number of amides is 14. The van der Waals surface area contributed by atoms with Crippen LogP contribution in [-0.2, 0) is 113 Å². The van der Waals surface area contributed by atoms with E-state index in [0.717, 1.165) is 78.3 Å². The molecule has 0 radical (unpaired) electrons. The third-order valence-electron chi connectivity index (χ3n) is 26.4. The molecule has 14 amide bonds. The van der Waals surface area contributed by atoms with E-state index in [1.807, 2.05) is 0 Å². The Kier molecular flexibility index (Phi) is 34.4. The molecule has 43 nitrogen and oxygen atoms in total. The van der Waals surface area contributed by atoms with Crippen LogP contribution >= 0.6 is 0 Å². The number of alkyl halides is 2. The van der Waals surface area contributed by atoms with E-state index in [2.05, 4.69) is 10.6 Å². The fourth-order valence-corrected chi connectivity index (χ4v) is 18.4. The number of aliphatic hydroxyl groups excluding tert-OH is 4. The predicted octanol–water partition coefficient (Wildman–Crippen LogP) is -0.733. The van der Waals surface area contributed by atoms with Crippen molar-refractivity contribution in [3.8, 4) is 5.75 Å². The number of ether oxygens (including phenoxy) is 6. The molecule has 744 valence electrons. The fourth-order valence-electron chi connectivity index (χ4n) is 18.4. The number of carbonyl (C=O) groups excluding carboxylic acids is 17. The van der Waals surface area contributed by atoms with Crippen LogP contribution in [0.4, 0.5) is 29.3 Å². The van der Waals surface area contributed by atoms with Gasteiger partial charge >= 0.3 is 12.1 Å². The summed E-state index contributed by atoms with van der Waals surface area (Å²) in [5, 5.41) is 60.7. The summed E-state index contributed by atoms with van der Waals surface area (Å²) in [6, 6.07) is 13.4. The van der Waals surface area contributed by atoms with E-state index in [1.54, 1.807) is 19.9 Å². The number of aliphatic carboxylic acids is 1. The Balaban J connectivity index is 0.720. The minimum absolute atomic E-state index is 0.0543. The van der Waals surface area contributed by atoms with Gasteiger partial charge in [0.25, 0.3) is 30.1 Å². The first-order valence-electron chi connectivity index (χ1n) is 43.8. The lowest BCUT2D eigenvalue weighted by molar-refractivity contribution is -0.321. The van der Waals surface area contributed by atoms with Crippen LogP contribution in [0.5, 0.6) is 5.75 Å². The van der Waals surface area contributed by atoms with E-state index in [1.165, 1.54) is 143 Å². The number of fused-ring (bicyclic) bond motifs is 7. The van der Waals surface area contributed by atoms with Gasteiger partial charge in [0.15, 0.2) is 17.2 Å². The summed E-state index contributed by atoms with van der Waals surface area (Å²) >= 11 is 0. The highest BCUT2D eigenvalue weighted by Gasteiger charge is 2.79. The first-order chi connectivity index (χ1) is 64.4. The maximum Gasteiger partial charge on any atom is 0.411 e. The number of allylic oxidation sites excluding steroid dienone is 4. The number of hydrogen-bond acceptors (Lipinski definition) is 29. The standard InChI is InChI=1S/C91H115F3N14O29/c1-14-107(49-132-48-67(112)91-54(33-65(137-91)53-16-15-17-55(92)31-53)32-59-60-36-62(93)61-35-57(110)26-28-88(61,2)90(60,94)66(111)37-89(59,91)3)87(131)133-47-51-18-22-64(135-86-83(129)81(127)82(128)85(136-86)134-50-109)63(30-51)96-69(114)27-29-95-68(113)23-20-52-19-21-56(108-70(115)24-25-71(108)116)34-58(52)84(130)104(11)43-77(122)100(7)40-75(120)102(9)44-79(124)106(13)105(12)45-78(123)101(8)41-74(119)98(5)38-72(117)97(4)39-73(118)99(6)42-76(121)103(10)46-80(125)126/h15-19,21-22,24-26,28,30-31,34-35,50,54,59-60,62,65-66,81-83,85-86,111,127-129H,14,20,23,27,29,32-33,36-49H2,1-13H3,(H,95,113)(H,96,114)(H,125,126)/t54-,59-,60-,62-,65?,66-,81-,82-,83+,85-,86+,88-,89-,90-,91-/m0/s1. The number of likely N-dealkylation sites (N-methyl/N-ethyl adjacent to an activating group) is 10. The average Bonchev–Trinajstić information content (AvgIpc) is 1.44. The number of ketones is 2. The maximum atomic E-state index is 18.3. The Morgan fingerprint density at radius 1 is 0.628 bits per heavy atom. The Labute approximate surface area is 785 Å². The van der Waals surface area contributed by atoms with Crippen molar-refractivity contribution in [3.05, 3.63) is 125 Å². The zero-order valence-electron chi connectivity index (χ0n) is 78.0. The second-order valence-corrected chi connectivity index (χ2v) is 35.6. The number of aliphatic hydroxyl groups is 4. The van der Waals surface area contributed by atoms with Gasteiger partial charge in [-0.05, 0) is 129 Å². The number of hydrazine groups is 1. The molecule has 46 heteroatoms. The van der Waals surface area contributed by atoms with Crippen LogP contribution in [-0.4, -0.2) is 397 Å². The quantitative estimate of drug-likeness (QED) is 0.0159. The second kappa shape index (κ2) is 44.4. The molecule has 4 aliphatic carbocycles. The van der Waals surface area contributed by atoms with Crippen LogP contribution in [0.3, 0.4) is 0 Å². The van der Waals surface area contributed by atoms with Crippen molar-refractivity contribution in [3.63, 3.8) is 0 Å². The second-order valence-electron chi connectivity index (χ2n) is 35.6. The van der Waals surface area contributed by atoms with Crippen LogP contribution in [0.15, 0.2) is 96.6 Å². The van der Waals surface area contributed by atoms with E-state index in [9.17, 15) is 106 Å². The van der Waals surface area contributed by atoms with Gasteiger partial charge in [0, 0.05) is 131 Å². The molecule has 2 saturated heterocycles. The molecule has 3 heterocycles. The normalized spacial score (nSPS) is 24.9. The van der Waals surface area contributed by atoms with E-state index >= 15 is 13.6 Å². The average molecular weight is 1930 g/mol. The number of nitrogens with zero attached hydrogens (tertiary/aromatic N) is 12. The van der Waals surface area contributed by atoms with Crippen LogP contribution < -0.4 is 20.3 Å². The highest BCUT2D eigenvalue weighted by molar-refractivity contribution is 6.28. The number of nitrogens with one attached hydrogen (secondary N) is 2. The van der Waals surface area contributed by atoms with Crippen molar-refractivity contribution < 1.29 is 153 Å². The molecule has 3 aliphatic heterocycles. The Morgan fingerprint density at radius 3 is 1.76 bits per heavy atom. The maximum absolute atomic E-state index is 18.3. The summed E-state index contributed by atoms with van der Waals surface area (Å²) in [5.74, 6) is -15.3. The molecule has 0 bridgehead atoms. The van der Waals surface area contributed by atoms with Crippen LogP contribution in [0.2, 0.25) is 0 Å². The summed E-state index contributed by atoms with van der Waals surface area (Å²) < 4.78 is 84.4. The first-order valence-corrected chi connectivity index (χ1v) is 43.8. The summed E-state index contributed by atoms with van der Waals surface area (Å²) in [6.07, 6.45) is -11.1. The van der Waals surface area contributed by atoms with Crippen LogP contribution in [0.1, 0.15) is 92.4 Å². The van der Waals surface area contributed by atoms with E-state index < -0.39 is 287 Å². The fraction of sp³-hybridized carbons (Fsp3) is 0.538. The van der Waals surface area contributed by atoms with Crippen molar-refractivity contribution in [1.29, 1.82) is 0 Å². The number of anilines is 2. The van der Waals surface area contributed by atoms with Gasteiger partial charge < -0.3 is 99.0 Å². The van der Waals surface area contributed by atoms with Crippen LogP contribution in [0, 0.1) is 34.4 Å². The third kappa shape index (κ3) is 23.5. The molecule has 137 heavy (non-hydrogen) atoms. The molecule has 5 fully saturated rings. The highest BCUT2D eigenvalue weighted by atomic mass is 19.1. The number of halogens is 3. The number of carboxylic acid groups (broad SMARTS) is 1. The summed E-state index contributed by atoms with van der Waals surface area (Å²) in [5.41, 5.74) is -7.16. The largest absolute Gasteiger partial charge is 0.480 e. The molecular formula is C91H115F3N14O29. The molecule has 10 rings (SSSR count). The Bertz CT molecular complexity index is 5280. The van der Waals surface area contributed by atoms with Crippen molar-refractivity contribution >= 4 is 118 Å². The molecule has 3 aromatic rings. The number of Topliss-reactive ketones (excluding diaryl/α,β-unsaturated/α-hetero) is 1. The Hall–Kier alpha value is -13.0. The zero-order valence-corrected chi connectivity index (χ0v) is 78.0. The van der Waals surface area contributed by atoms with Gasteiger partial charge in [-0.25, -0.2) is 27.9 Å². The molecular weight excluding hydrogens is 1810 g/mol. The molecule has 3 aromatic carbocycles. The molecule has 1 unspecified atom stereocenters. The van der Waals surface area contributed by atoms with E-state index in [0.29, 0.717) is 5.56 Å². The van der Waals surface area contributed by atoms with Crippen molar-refractivity contribution in [2.75, 3.05) is 166 Å². The monoisotopic (exact) mass is 1920 g/mol. The van der Waals surface area contributed by atoms with E-state index in [-0.39, 0.29) is 91.1 Å². The van der Waals surface area contributed by atoms with Crippen molar-refractivity contribution in [2.45, 2.75) is 133 Å². The van der Waals surface area contributed by atoms with Gasteiger partial charge in [0.1, 0.15) is 74.7 Å². The third-order valence-corrected chi connectivity index (χ3v) is 26.4. The van der Waals surface area contributed by atoms with E-state index in [4.69, 9.17) is 33.5 Å². The number of imide groups is 1. The predicted molar refractivity (Wildman–Crippen MR) is 470 cm³/mol. The zero-order chi connectivity index (χ0) is 101. The summed E-state index contributed by atoms with van der Waals surface area (Å²) in [4.78, 5) is 247. The summed E-state index contributed by atoms with van der Waals surface area (Å²) in [6.45, 7) is -2.48. The van der Waals surface area contributed by atoms with Crippen molar-refractivity contribution in [1.82, 2.24) is 59.4 Å². The van der Waals surface area contributed by atoms with Gasteiger partial charge in [-0.15, -0.1) is 0 Å². The first kappa shape index (κ1) is 106. The molecule has 7 aliphatic rings. The topological polar surface area (TPSA) is 527 Å². The summed E-state index contributed by atoms with van der Waals surface area (Å²) in [7, 11) is 12.9. The van der Waals surface area contributed by atoms with Gasteiger partial charge in [-0.3, -0.25) is 96.2 Å². The van der Waals surface area contributed by atoms with Gasteiger partial charge in [-0.2, -0.15) is 0 Å². The number of aryl methyl sites for hydroxylation is 1. The Morgan fingerprint density at radius 2 is 1.19 bits per heavy atom. The molecule has 15 atom stereocenters. The number of hydrogen-bond donors (Lipinski definition) is 7. The molecule has 0 spiro atoms. The number of rotatable bonds is 41. The lowest BCUT2D eigenvalue weighted by atomic mass is 9.44. The SMILES string of the molecule is CCN(COCC(=O)[C@@]12OC(c3cccc(F)c3)C[C@@H]1C[C@H]1[C@@H]3C[C@H](F)C4=CC(=O)C=C[C@]4(C)[C@@]3(F)[C@@H](O)C[C@@]12C)C(=O)OCc1ccc(O[C@@H]2O[C@H](OC=O)[C@@H](O)[C@H](O)[C@H]2O)c(NC(=O)CCNC(=O)CCc2ccc(N3C(=O)C=CC3=O)cc2C(=O)N(C)CC(=O)N(C)CC(=O)N(C)CC(=O)N(C)N(C)CC(=O)N(C)CC(=O)N(C)CC(=O)N(C)CC(=O)N(C)CC(=O)N(C)CC(=O)O)c1. The lowest BCUT2D eigenvalue weighted by Gasteiger charge is -2.63. The number of carbonyl (C=O) groups is 18. The lowest BCUT2D eigenvalue weighted by Crippen LogP contribution is -2.70. The van der Waals surface area contributed by atoms with Crippen LogP contribution in [0.25, 0.3) is 0 Å². The van der Waals surface area contributed by atoms with Crippen molar-refractivity contribution in [2.24, 2.45) is 28.6 Å². The minimum atomic E-state index is -2.48. The number of benzene rings is 3. The number of carboxylic acids is 1. The smallest absolute Gasteiger partial charge is 0.411 e. The van der Waals surface area contributed by atoms with Gasteiger partial charge in [0.2, 0.25) is 65.7 Å². The molecule has 0 aromatic heterocycles. The van der Waals surface area contributed by atoms with Gasteiger partial charge in [0.05, 0.1) is 69.4 Å². The van der Waals surface area contributed by atoms with Gasteiger partial charge in [-0.1, -0.05) is 37.3 Å².